The van der Waals surface area contributed by atoms with Crippen LogP contribution in [0.2, 0.25) is 0 Å². The molecule has 0 radical (unpaired) electrons. The lowest BCUT2D eigenvalue weighted by Gasteiger charge is -2.52. The highest BCUT2D eigenvalue weighted by Gasteiger charge is 2.65. The standard InChI is InChI=1S/C16H26O.CH2O2/c1-14(2)7-5-11(10-17)13-15(3,4)12-6-8-16(13,14)9-12;2-1-3/h12,17H,5-10H2,1-4H3;1H,(H,2,3)/t12-,16?;/m0./s1. The lowest BCUT2D eigenvalue weighted by molar-refractivity contribution is -0.122. The molecule has 0 saturated heterocycles. The number of rotatable bonds is 1. The average Bonchev–Trinajstić information content (AvgIpc) is 2.88. The number of hydrogen-bond acceptors (Lipinski definition) is 2. The topological polar surface area (TPSA) is 57.5 Å². The highest BCUT2D eigenvalue weighted by molar-refractivity contribution is 5.41. The molecule has 1 unspecified atom stereocenters. The highest BCUT2D eigenvalue weighted by atomic mass is 16.3. The highest BCUT2D eigenvalue weighted by Crippen LogP contribution is 2.74. The molecule has 2 atom stereocenters. The van der Waals surface area contributed by atoms with Crippen molar-refractivity contribution < 1.29 is 15.0 Å². The molecule has 3 nitrogen and oxygen atoms in total. The first-order valence-corrected chi connectivity index (χ1v) is 7.68. The van der Waals surface area contributed by atoms with Crippen molar-refractivity contribution in [1.29, 1.82) is 0 Å². The van der Waals surface area contributed by atoms with E-state index in [0.29, 0.717) is 22.9 Å². The predicted octanol–water partition coefficient (Wildman–Crippen LogP) is 3.62. The molecule has 3 aliphatic carbocycles. The molecule has 1 spiro atoms. The van der Waals surface area contributed by atoms with Gasteiger partial charge in [-0.25, -0.2) is 0 Å². The van der Waals surface area contributed by atoms with Gasteiger partial charge in [0.25, 0.3) is 6.47 Å². The lowest BCUT2D eigenvalue weighted by atomic mass is 9.52. The minimum atomic E-state index is -0.250. The van der Waals surface area contributed by atoms with Crippen molar-refractivity contribution in [3.05, 3.63) is 11.1 Å². The van der Waals surface area contributed by atoms with E-state index in [9.17, 15) is 5.11 Å². The fraction of sp³-hybridized carbons (Fsp3) is 0.824. The number of carbonyl (C=O) groups is 1. The summed E-state index contributed by atoms with van der Waals surface area (Å²) in [6.07, 6.45) is 6.53. The van der Waals surface area contributed by atoms with E-state index in [2.05, 4.69) is 27.7 Å². The summed E-state index contributed by atoms with van der Waals surface area (Å²) in [7, 11) is 0. The van der Waals surface area contributed by atoms with E-state index in [1.807, 2.05) is 0 Å². The van der Waals surface area contributed by atoms with Crippen LogP contribution in [0.1, 0.15) is 59.8 Å². The zero-order chi connectivity index (χ0) is 15.2. The maximum Gasteiger partial charge on any atom is 0.290 e. The molecule has 3 rings (SSSR count). The van der Waals surface area contributed by atoms with Gasteiger partial charge in [0.15, 0.2) is 0 Å². The van der Waals surface area contributed by atoms with Crippen LogP contribution in [0.15, 0.2) is 11.1 Å². The molecule has 3 heteroatoms. The van der Waals surface area contributed by atoms with Crippen LogP contribution in [0.3, 0.4) is 0 Å². The zero-order valence-electron chi connectivity index (χ0n) is 13.2. The van der Waals surface area contributed by atoms with Gasteiger partial charge in [-0.05, 0) is 59.8 Å². The normalized spacial score (nSPS) is 36.1. The van der Waals surface area contributed by atoms with Gasteiger partial charge in [0.1, 0.15) is 0 Å². The quantitative estimate of drug-likeness (QED) is 0.569. The van der Waals surface area contributed by atoms with E-state index in [1.165, 1.54) is 31.3 Å². The molecule has 2 bridgehead atoms. The van der Waals surface area contributed by atoms with Crippen molar-refractivity contribution in [2.75, 3.05) is 6.61 Å². The third-order valence-electron chi connectivity index (χ3n) is 6.55. The summed E-state index contributed by atoms with van der Waals surface area (Å²) < 4.78 is 0. The number of aliphatic hydroxyl groups is 1. The van der Waals surface area contributed by atoms with E-state index >= 15 is 0 Å². The molecule has 3 aliphatic rings. The molecule has 2 fully saturated rings. The average molecular weight is 280 g/mol. The van der Waals surface area contributed by atoms with Gasteiger partial charge in [0, 0.05) is 0 Å². The Hall–Kier alpha value is -0.830. The smallest absolute Gasteiger partial charge is 0.290 e. The van der Waals surface area contributed by atoms with Crippen LogP contribution in [0.25, 0.3) is 0 Å². The summed E-state index contributed by atoms with van der Waals surface area (Å²) in [6.45, 7) is 9.81. The molecule has 0 aliphatic heterocycles. The van der Waals surface area contributed by atoms with Gasteiger partial charge in [-0.2, -0.15) is 0 Å². The Morgan fingerprint density at radius 2 is 1.85 bits per heavy atom. The first-order valence-electron chi connectivity index (χ1n) is 7.68. The second kappa shape index (κ2) is 4.87. The molecule has 0 aromatic heterocycles. The summed E-state index contributed by atoms with van der Waals surface area (Å²) in [5.41, 5.74) is 4.26. The Kier molecular flexibility index (Phi) is 3.79. The maximum absolute atomic E-state index is 9.71. The van der Waals surface area contributed by atoms with E-state index in [4.69, 9.17) is 9.90 Å². The molecule has 114 valence electrons. The van der Waals surface area contributed by atoms with Gasteiger partial charge in [-0.15, -0.1) is 0 Å². The van der Waals surface area contributed by atoms with Crippen molar-refractivity contribution >= 4 is 6.47 Å². The third-order valence-corrected chi connectivity index (χ3v) is 6.55. The fourth-order valence-electron chi connectivity index (χ4n) is 5.44. The molecule has 2 saturated carbocycles. The molecule has 0 heterocycles. The number of fused-ring (bicyclic) bond motifs is 1. The van der Waals surface area contributed by atoms with Crippen molar-refractivity contribution in [1.82, 2.24) is 0 Å². The van der Waals surface area contributed by atoms with Crippen LogP contribution in [0.5, 0.6) is 0 Å². The van der Waals surface area contributed by atoms with E-state index in [1.54, 1.807) is 5.57 Å². The molecule has 0 aromatic carbocycles. The molecular weight excluding hydrogens is 252 g/mol. The first-order chi connectivity index (χ1) is 9.26. The Labute approximate surface area is 122 Å². The summed E-state index contributed by atoms with van der Waals surface area (Å²) in [4.78, 5) is 8.36. The Morgan fingerprint density at radius 1 is 1.25 bits per heavy atom. The SMILES string of the molecule is CC1(C)C2=C(CO)CCC(C)(C)C23CC[C@H]1C3.O=CO. The molecule has 0 aromatic rings. The second-order valence-electron chi connectivity index (χ2n) is 7.87. The monoisotopic (exact) mass is 280 g/mol. The van der Waals surface area contributed by atoms with Crippen molar-refractivity contribution in [2.45, 2.75) is 59.8 Å². The van der Waals surface area contributed by atoms with Gasteiger partial charge in [0.05, 0.1) is 6.61 Å². The van der Waals surface area contributed by atoms with Crippen LogP contribution in [0.4, 0.5) is 0 Å². The fourth-order valence-corrected chi connectivity index (χ4v) is 5.44. The van der Waals surface area contributed by atoms with Gasteiger partial charge >= 0.3 is 0 Å². The van der Waals surface area contributed by atoms with Gasteiger partial charge < -0.3 is 10.2 Å². The zero-order valence-corrected chi connectivity index (χ0v) is 13.2. The van der Waals surface area contributed by atoms with Crippen molar-refractivity contribution in [3.8, 4) is 0 Å². The second-order valence-corrected chi connectivity index (χ2v) is 7.87. The van der Waals surface area contributed by atoms with Crippen molar-refractivity contribution in [3.63, 3.8) is 0 Å². The Bertz CT molecular complexity index is 434. The largest absolute Gasteiger partial charge is 0.483 e. The lowest BCUT2D eigenvalue weighted by Crippen LogP contribution is -2.43. The summed E-state index contributed by atoms with van der Waals surface area (Å²) >= 11 is 0. The molecular formula is C17H28O3. The van der Waals surface area contributed by atoms with Gasteiger partial charge in [-0.3, -0.25) is 4.79 Å². The van der Waals surface area contributed by atoms with Crippen LogP contribution < -0.4 is 0 Å². The number of allylic oxidation sites excluding steroid dienone is 1. The van der Waals surface area contributed by atoms with Crippen LogP contribution in [-0.4, -0.2) is 23.3 Å². The van der Waals surface area contributed by atoms with Crippen LogP contribution in [-0.2, 0) is 4.79 Å². The number of aliphatic hydroxyl groups excluding tert-OH is 1. The Balaban J connectivity index is 0.000000452. The van der Waals surface area contributed by atoms with E-state index in [-0.39, 0.29) is 6.47 Å². The first kappa shape index (κ1) is 15.6. The minimum Gasteiger partial charge on any atom is -0.483 e. The third kappa shape index (κ3) is 1.86. The minimum absolute atomic E-state index is 0.250. The summed E-state index contributed by atoms with van der Waals surface area (Å²) in [5, 5.41) is 16.6. The maximum atomic E-state index is 9.71. The van der Waals surface area contributed by atoms with E-state index in [0.717, 1.165) is 12.3 Å². The molecule has 2 N–H and O–H groups in total. The van der Waals surface area contributed by atoms with E-state index < -0.39 is 0 Å². The Morgan fingerprint density at radius 3 is 2.40 bits per heavy atom. The number of hydrogen-bond donors (Lipinski definition) is 2. The number of carboxylic acid groups (broad SMARTS) is 1. The van der Waals surface area contributed by atoms with Crippen LogP contribution >= 0.6 is 0 Å². The van der Waals surface area contributed by atoms with Gasteiger partial charge in [0.2, 0.25) is 0 Å². The predicted molar refractivity (Wildman–Crippen MR) is 79.4 cm³/mol. The van der Waals surface area contributed by atoms with Crippen LogP contribution in [0, 0.1) is 22.2 Å². The molecule has 20 heavy (non-hydrogen) atoms. The van der Waals surface area contributed by atoms with Gasteiger partial charge in [-0.1, -0.05) is 33.3 Å². The summed E-state index contributed by atoms with van der Waals surface area (Å²) in [5.74, 6) is 0.858. The molecule has 0 amide bonds. The summed E-state index contributed by atoms with van der Waals surface area (Å²) in [6, 6.07) is 0. The van der Waals surface area contributed by atoms with Crippen molar-refractivity contribution in [2.24, 2.45) is 22.2 Å².